The normalized spacial score (nSPS) is 34.7. The molecule has 0 aromatic rings. The average molecular weight is 205 g/mol. The minimum atomic E-state index is -0.266. The smallest absolute Gasteiger partial charge is 0.138 e. The van der Waals surface area contributed by atoms with Gasteiger partial charge in [0.15, 0.2) is 0 Å². The highest BCUT2D eigenvalue weighted by molar-refractivity contribution is 5.83. The van der Waals surface area contributed by atoms with Crippen LogP contribution in [0.25, 0.3) is 0 Å². The fourth-order valence-corrected chi connectivity index (χ4v) is 2.75. The van der Waals surface area contributed by atoms with E-state index in [0.717, 1.165) is 0 Å². The fraction of sp³-hybridized carbons (Fsp3) is 0.636. The molecule has 0 spiro atoms. The minimum absolute atomic E-state index is 0.117. The molecule has 0 amide bonds. The summed E-state index contributed by atoms with van der Waals surface area (Å²) in [6.45, 7) is 3.94. The van der Waals surface area contributed by atoms with Crippen molar-refractivity contribution in [3.05, 3.63) is 12.5 Å². The van der Waals surface area contributed by atoms with Gasteiger partial charge in [0.2, 0.25) is 0 Å². The first kappa shape index (κ1) is 10.0. The molecule has 3 atom stereocenters. The van der Waals surface area contributed by atoms with E-state index in [9.17, 15) is 9.90 Å². The third-order valence-electron chi connectivity index (χ3n) is 3.47. The molecule has 3 unspecified atom stereocenters. The van der Waals surface area contributed by atoms with E-state index in [4.69, 9.17) is 5.26 Å². The van der Waals surface area contributed by atoms with Crippen LogP contribution in [0.3, 0.4) is 0 Å². The lowest BCUT2D eigenvalue weighted by atomic mass is 9.77. The fourth-order valence-electron chi connectivity index (χ4n) is 2.75. The number of hydrogen-bond donors (Lipinski definition) is 0. The molecule has 2 rings (SSSR count). The van der Waals surface area contributed by atoms with Crippen molar-refractivity contribution in [2.45, 2.75) is 25.3 Å². The van der Waals surface area contributed by atoms with Gasteiger partial charge in [-0.05, 0) is 18.7 Å². The minimum Gasteiger partial charge on any atom is -0.861 e. The third-order valence-corrected chi connectivity index (χ3v) is 3.47. The van der Waals surface area contributed by atoms with Crippen LogP contribution in [-0.2, 0) is 4.79 Å². The Kier molecular flexibility index (Phi) is 2.39. The molecular formula is C11H13N2O2-. The van der Waals surface area contributed by atoms with Gasteiger partial charge in [-0.1, -0.05) is 6.58 Å². The van der Waals surface area contributed by atoms with Crippen LogP contribution in [0.4, 0.5) is 0 Å². The van der Waals surface area contributed by atoms with Gasteiger partial charge in [0.05, 0.1) is 18.0 Å². The summed E-state index contributed by atoms with van der Waals surface area (Å²) < 4.78 is 0. The van der Waals surface area contributed by atoms with Crippen molar-refractivity contribution in [3.63, 3.8) is 0 Å². The van der Waals surface area contributed by atoms with Crippen LogP contribution in [0.15, 0.2) is 12.5 Å². The summed E-state index contributed by atoms with van der Waals surface area (Å²) in [5.41, 5.74) is 0. The predicted octanol–water partition coefficient (Wildman–Crippen LogP) is 0.0111. The number of carbonyl (C=O) groups excluding carboxylic acids is 1. The van der Waals surface area contributed by atoms with Crippen LogP contribution in [0.5, 0.6) is 0 Å². The SMILES string of the molecule is C=C([O-])N1CCC2C(=O)CCC(C#N)C21. The van der Waals surface area contributed by atoms with Crippen molar-refractivity contribution in [1.29, 1.82) is 5.26 Å². The number of likely N-dealkylation sites (tertiary alicyclic amines) is 1. The summed E-state index contributed by atoms with van der Waals surface area (Å²) in [5.74, 6) is -0.373. The maximum atomic E-state index is 11.6. The molecule has 4 nitrogen and oxygen atoms in total. The van der Waals surface area contributed by atoms with Gasteiger partial charge in [-0.2, -0.15) is 5.26 Å². The number of hydrogen-bond acceptors (Lipinski definition) is 4. The molecule has 15 heavy (non-hydrogen) atoms. The highest BCUT2D eigenvalue weighted by atomic mass is 16.3. The monoisotopic (exact) mass is 205 g/mol. The van der Waals surface area contributed by atoms with E-state index in [0.29, 0.717) is 25.8 Å². The zero-order valence-electron chi connectivity index (χ0n) is 8.48. The summed E-state index contributed by atoms with van der Waals surface area (Å²) in [6.07, 6.45) is 1.77. The summed E-state index contributed by atoms with van der Waals surface area (Å²) in [5, 5.41) is 20.3. The molecule has 1 saturated heterocycles. The van der Waals surface area contributed by atoms with Crippen molar-refractivity contribution in [2.75, 3.05) is 6.54 Å². The summed E-state index contributed by atoms with van der Waals surface area (Å²) in [6, 6.07) is 2.00. The summed E-state index contributed by atoms with van der Waals surface area (Å²) in [7, 11) is 0. The van der Waals surface area contributed by atoms with E-state index in [1.165, 1.54) is 0 Å². The number of fused-ring (bicyclic) bond motifs is 1. The Labute approximate surface area is 88.8 Å². The second kappa shape index (κ2) is 3.58. The zero-order chi connectivity index (χ0) is 11.0. The second-order valence-corrected chi connectivity index (χ2v) is 4.21. The van der Waals surface area contributed by atoms with E-state index in [1.54, 1.807) is 4.90 Å². The van der Waals surface area contributed by atoms with Crippen LogP contribution in [0.2, 0.25) is 0 Å². The highest BCUT2D eigenvalue weighted by Gasteiger charge is 2.45. The first-order valence-electron chi connectivity index (χ1n) is 5.20. The number of rotatable bonds is 1. The quantitative estimate of drug-likeness (QED) is 0.565. The van der Waals surface area contributed by atoms with Gasteiger partial charge in [0.1, 0.15) is 5.78 Å². The summed E-state index contributed by atoms with van der Waals surface area (Å²) >= 11 is 0. The molecule has 0 aromatic heterocycles. The molecule has 0 N–H and O–H groups in total. The Morgan fingerprint density at radius 2 is 2.33 bits per heavy atom. The van der Waals surface area contributed by atoms with E-state index in [1.807, 2.05) is 0 Å². The van der Waals surface area contributed by atoms with Gasteiger partial charge in [-0.25, -0.2) is 0 Å². The molecule has 4 heteroatoms. The van der Waals surface area contributed by atoms with Crippen LogP contribution < -0.4 is 5.11 Å². The number of ketones is 1. The number of Topliss-reactive ketones (excluding diaryl/α,β-unsaturated/α-hetero) is 1. The van der Waals surface area contributed by atoms with Gasteiger partial charge in [0, 0.05) is 18.9 Å². The van der Waals surface area contributed by atoms with E-state index < -0.39 is 0 Å². The van der Waals surface area contributed by atoms with Gasteiger partial charge < -0.3 is 10.0 Å². The lowest BCUT2D eigenvalue weighted by Crippen LogP contribution is -2.45. The van der Waals surface area contributed by atoms with E-state index in [-0.39, 0.29) is 29.5 Å². The van der Waals surface area contributed by atoms with Crippen LogP contribution in [-0.4, -0.2) is 23.3 Å². The van der Waals surface area contributed by atoms with Crippen molar-refractivity contribution < 1.29 is 9.90 Å². The van der Waals surface area contributed by atoms with Crippen molar-refractivity contribution >= 4 is 5.78 Å². The Balaban J connectivity index is 2.27. The Morgan fingerprint density at radius 1 is 1.60 bits per heavy atom. The molecule has 0 bridgehead atoms. The highest BCUT2D eigenvalue weighted by Crippen LogP contribution is 2.38. The summed E-state index contributed by atoms with van der Waals surface area (Å²) in [4.78, 5) is 13.2. The maximum Gasteiger partial charge on any atom is 0.138 e. The number of nitrogens with zero attached hydrogens (tertiary/aromatic N) is 2. The van der Waals surface area contributed by atoms with Crippen molar-refractivity contribution in [2.24, 2.45) is 11.8 Å². The topological polar surface area (TPSA) is 67.2 Å². The predicted molar refractivity (Wildman–Crippen MR) is 51.1 cm³/mol. The Bertz CT molecular complexity index is 339. The van der Waals surface area contributed by atoms with Gasteiger partial charge in [-0.15, -0.1) is 0 Å². The molecule has 80 valence electrons. The number of carbonyl (C=O) groups is 1. The molecule has 1 saturated carbocycles. The lowest BCUT2D eigenvalue weighted by Gasteiger charge is -2.38. The molecule has 0 radical (unpaired) electrons. The van der Waals surface area contributed by atoms with Crippen LogP contribution in [0.1, 0.15) is 19.3 Å². The lowest BCUT2D eigenvalue weighted by molar-refractivity contribution is -0.334. The van der Waals surface area contributed by atoms with E-state index >= 15 is 0 Å². The standard InChI is InChI=1S/C11H14N2O2/c1-7(14)13-5-4-9-10(15)3-2-8(6-12)11(9)13/h8-9,11,14H,1-5H2/p-1. The third kappa shape index (κ3) is 1.48. The zero-order valence-corrected chi connectivity index (χ0v) is 8.48. The van der Waals surface area contributed by atoms with Gasteiger partial charge >= 0.3 is 0 Å². The molecule has 1 aliphatic heterocycles. The van der Waals surface area contributed by atoms with Crippen LogP contribution in [0, 0.1) is 23.2 Å². The second-order valence-electron chi connectivity index (χ2n) is 4.21. The first-order chi connectivity index (χ1) is 7.15. The van der Waals surface area contributed by atoms with Crippen LogP contribution >= 0.6 is 0 Å². The molecule has 2 fully saturated rings. The largest absolute Gasteiger partial charge is 0.861 e. The molecule has 1 heterocycles. The molecular weight excluding hydrogens is 192 g/mol. The first-order valence-corrected chi connectivity index (χ1v) is 5.20. The van der Waals surface area contributed by atoms with Gasteiger partial charge in [0.25, 0.3) is 0 Å². The van der Waals surface area contributed by atoms with Gasteiger partial charge in [-0.3, -0.25) is 4.79 Å². The number of nitriles is 1. The maximum absolute atomic E-state index is 11.6. The average Bonchev–Trinajstić information content (AvgIpc) is 2.64. The van der Waals surface area contributed by atoms with Crippen molar-refractivity contribution in [1.82, 2.24) is 4.90 Å². The molecule has 0 aromatic carbocycles. The molecule has 1 aliphatic carbocycles. The van der Waals surface area contributed by atoms with Crippen molar-refractivity contribution in [3.8, 4) is 6.07 Å². The Morgan fingerprint density at radius 3 is 2.93 bits per heavy atom. The molecule has 2 aliphatic rings. The van der Waals surface area contributed by atoms with E-state index in [2.05, 4.69) is 12.6 Å². The Hall–Kier alpha value is -1.50.